The molecular formula is C28H24Fe+2. The zero-order valence-electron chi connectivity index (χ0n) is 16.3. The number of hydrogen-bond donors (Lipinski definition) is 0. The minimum atomic E-state index is 0. The van der Waals surface area contributed by atoms with Crippen LogP contribution in [0.25, 0.3) is 11.1 Å². The predicted octanol–water partition coefficient (Wildman–Crippen LogP) is 6.76. The molecular weight excluding hydrogens is 392 g/mol. The van der Waals surface area contributed by atoms with E-state index in [1.54, 1.807) is 0 Å². The number of rotatable bonds is 5. The Balaban J connectivity index is 0.000000437. The predicted molar refractivity (Wildman–Crippen MR) is 121 cm³/mol. The quantitative estimate of drug-likeness (QED) is 0.373. The number of benzene rings is 2. The first-order valence-electron chi connectivity index (χ1n) is 9.35. The van der Waals surface area contributed by atoms with Gasteiger partial charge in [-0.05, 0) is 85.6 Å². The fraction of sp³-hybridized carbons (Fsp3) is 0. The molecule has 1 heteroatoms. The van der Waals surface area contributed by atoms with E-state index in [4.69, 9.17) is 0 Å². The van der Waals surface area contributed by atoms with E-state index < -0.39 is 0 Å². The molecule has 0 saturated heterocycles. The molecule has 142 valence electrons. The molecule has 0 nitrogen and oxygen atoms in total. The Morgan fingerprint density at radius 1 is 0.552 bits per heavy atom. The molecule has 2 saturated carbocycles. The molecule has 0 N–H and O–H groups in total. The topological polar surface area (TPSA) is 0 Å². The minimum Gasteiger partial charge on any atom is -0.0905 e. The SMILES string of the molecule is C=C(C(=C[C]1[CH][CH][CH][CH]1)C(=C)c1ccccc1)c1ccccc1.[CH]1[CH][CH][CH][CH]1.[Fe+2]. The van der Waals surface area contributed by atoms with E-state index >= 15 is 0 Å². The van der Waals surface area contributed by atoms with Crippen molar-refractivity contribution in [2.24, 2.45) is 0 Å². The van der Waals surface area contributed by atoms with Gasteiger partial charge in [0.2, 0.25) is 0 Å². The van der Waals surface area contributed by atoms with Gasteiger partial charge in [-0.15, -0.1) is 0 Å². The molecule has 0 amide bonds. The summed E-state index contributed by atoms with van der Waals surface area (Å²) in [4.78, 5) is 0. The van der Waals surface area contributed by atoms with Crippen LogP contribution in [0, 0.1) is 63.7 Å². The average Bonchev–Trinajstić information content (AvgIpc) is 3.49. The van der Waals surface area contributed by atoms with Crippen LogP contribution in [0.3, 0.4) is 0 Å². The summed E-state index contributed by atoms with van der Waals surface area (Å²) in [6.45, 7) is 8.65. The summed E-state index contributed by atoms with van der Waals surface area (Å²) in [5.74, 6) is 1.16. The van der Waals surface area contributed by atoms with Gasteiger partial charge in [-0.2, -0.15) is 0 Å². The molecule has 0 aliphatic heterocycles. The smallest absolute Gasteiger partial charge is 0.0905 e. The van der Waals surface area contributed by atoms with Gasteiger partial charge in [0.25, 0.3) is 0 Å². The van der Waals surface area contributed by atoms with Crippen LogP contribution in [0.5, 0.6) is 0 Å². The van der Waals surface area contributed by atoms with Gasteiger partial charge in [0, 0.05) is 5.92 Å². The summed E-state index contributed by atoms with van der Waals surface area (Å²) in [6, 6.07) is 20.5. The second kappa shape index (κ2) is 12.7. The van der Waals surface area contributed by atoms with Gasteiger partial charge in [0.05, 0.1) is 0 Å². The zero-order valence-corrected chi connectivity index (χ0v) is 17.4. The van der Waals surface area contributed by atoms with Crippen LogP contribution in [-0.2, 0) is 17.1 Å². The van der Waals surface area contributed by atoms with Crippen LogP contribution in [-0.4, -0.2) is 0 Å². The summed E-state index contributed by atoms with van der Waals surface area (Å²) >= 11 is 0. The summed E-state index contributed by atoms with van der Waals surface area (Å²) in [7, 11) is 0. The first-order valence-corrected chi connectivity index (χ1v) is 9.35. The standard InChI is InChI=1S/C23H19.C5H5.Fe/c1-18(21-13-5-3-6-14-21)23(17-20-11-9-10-12-20)19(2)22-15-7-4-8-16-22;1-2-4-5-3-1;/h3-17H,1-2H2;1-5H;/q;;+2. The Kier molecular flexibility index (Phi) is 10.3. The van der Waals surface area contributed by atoms with Gasteiger partial charge in [0.15, 0.2) is 0 Å². The van der Waals surface area contributed by atoms with Crippen molar-refractivity contribution in [1.82, 2.24) is 0 Å². The van der Waals surface area contributed by atoms with E-state index in [-0.39, 0.29) is 17.1 Å². The van der Waals surface area contributed by atoms with Crippen LogP contribution in [0.1, 0.15) is 11.1 Å². The molecule has 10 radical (unpaired) electrons. The maximum Gasteiger partial charge on any atom is 2.00 e. The van der Waals surface area contributed by atoms with Crippen molar-refractivity contribution in [3.05, 3.63) is 160 Å². The fourth-order valence-corrected chi connectivity index (χ4v) is 2.92. The zero-order chi connectivity index (χ0) is 19.6. The molecule has 0 atom stereocenters. The molecule has 2 fully saturated rings. The Morgan fingerprint density at radius 3 is 1.31 bits per heavy atom. The molecule has 0 heterocycles. The van der Waals surface area contributed by atoms with Gasteiger partial charge in [-0.1, -0.05) is 79.9 Å². The molecule has 4 rings (SSSR count). The maximum atomic E-state index is 4.32. The Morgan fingerprint density at radius 2 is 0.931 bits per heavy atom. The first kappa shape index (κ1) is 23.5. The second-order valence-corrected chi connectivity index (χ2v) is 6.43. The van der Waals surface area contributed by atoms with Crippen molar-refractivity contribution in [3.8, 4) is 0 Å². The van der Waals surface area contributed by atoms with Crippen molar-refractivity contribution in [3.63, 3.8) is 0 Å². The van der Waals surface area contributed by atoms with E-state index in [1.165, 1.54) is 0 Å². The van der Waals surface area contributed by atoms with Gasteiger partial charge in [-0.3, -0.25) is 0 Å². The van der Waals surface area contributed by atoms with E-state index in [0.29, 0.717) is 0 Å². The molecule has 2 aromatic rings. The third-order valence-corrected chi connectivity index (χ3v) is 4.45. The van der Waals surface area contributed by atoms with Crippen molar-refractivity contribution >= 4 is 11.1 Å². The number of allylic oxidation sites excluding steroid dienone is 4. The fourth-order valence-electron chi connectivity index (χ4n) is 2.92. The van der Waals surface area contributed by atoms with E-state index in [0.717, 1.165) is 33.8 Å². The molecule has 2 aliphatic rings. The van der Waals surface area contributed by atoms with E-state index in [9.17, 15) is 0 Å². The van der Waals surface area contributed by atoms with Gasteiger partial charge >= 0.3 is 17.1 Å². The van der Waals surface area contributed by atoms with Gasteiger partial charge in [0.1, 0.15) is 0 Å². The van der Waals surface area contributed by atoms with Crippen LogP contribution in [0.15, 0.2) is 85.5 Å². The van der Waals surface area contributed by atoms with Gasteiger partial charge in [-0.25, -0.2) is 0 Å². The Bertz CT molecular complexity index is 714. The van der Waals surface area contributed by atoms with Crippen molar-refractivity contribution in [2.45, 2.75) is 0 Å². The van der Waals surface area contributed by atoms with E-state index in [1.807, 2.05) is 81.3 Å². The normalized spacial score (nSPS) is 15.6. The molecule has 0 spiro atoms. The third-order valence-electron chi connectivity index (χ3n) is 4.45. The molecule has 2 aromatic carbocycles. The second-order valence-electron chi connectivity index (χ2n) is 6.43. The molecule has 29 heavy (non-hydrogen) atoms. The minimum absolute atomic E-state index is 0. The Labute approximate surface area is 188 Å². The maximum absolute atomic E-state index is 4.32. The average molecular weight is 416 g/mol. The van der Waals surface area contributed by atoms with Crippen molar-refractivity contribution < 1.29 is 17.1 Å². The van der Waals surface area contributed by atoms with Crippen molar-refractivity contribution in [1.29, 1.82) is 0 Å². The van der Waals surface area contributed by atoms with Crippen LogP contribution < -0.4 is 0 Å². The summed E-state index contributed by atoms with van der Waals surface area (Å²) in [5, 5.41) is 0. The summed E-state index contributed by atoms with van der Waals surface area (Å²) in [5.41, 5.74) is 5.26. The monoisotopic (exact) mass is 416 g/mol. The molecule has 0 bridgehead atoms. The van der Waals surface area contributed by atoms with Crippen LogP contribution >= 0.6 is 0 Å². The summed E-state index contributed by atoms with van der Waals surface area (Å²) in [6.07, 6.45) is 20.4. The summed E-state index contributed by atoms with van der Waals surface area (Å²) < 4.78 is 0. The van der Waals surface area contributed by atoms with Crippen molar-refractivity contribution in [2.75, 3.05) is 0 Å². The molecule has 0 aromatic heterocycles. The molecule has 0 unspecified atom stereocenters. The molecule has 2 aliphatic carbocycles. The first-order chi connectivity index (χ1) is 13.8. The number of hydrogen-bond acceptors (Lipinski definition) is 0. The van der Waals surface area contributed by atoms with Crippen LogP contribution in [0.4, 0.5) is 0 Å². The Hall–Kier alpha value is -1.82. The largest absolute Gasteiger partial charge is 2.00 e. The van der Waals surface area contributed by atoms with Gasteiger partial charge < -0.3 is 0 Å². The third kappa shape index (κ3) is 7.18. The van der Waals surface area contributed by atoms with E-state index in [2.05, 4.69) is 56.3 Å². The van der Waals surface area contributed by atoms with Crippen LogP contribution in [0.2, 0.25) is 0 Å².